The maximum Gasteiger partial charge on any atom is 0.196 e. The highest BCUT2D eigenvalue weighted by Crippen LogP contribution is 2.40. The maximum absolute atomic E-state index is 9.86. The van der Waals surface area contributed by atoms with Crippen LogP contribution >= 0.6 is 0 Å². The molecule has 222 valence electrons. The zero-order valence-corrected chi connectivity index (χ0v) is 25.8. The van der Waals surface area contributed by atoms with Gasteiger partial charge < -0.3 is 9.13 Å². The van der Waals surface area contributed by atoms with Gasteiger partial charge in [0.25, 0.3) is 0 Å². The maximum atomic E-state index is 9.86. The summed E-state index contributed by atoms with van der Waals surface area (Å²) < 4.78 is 4.66. The van der Waals surface area contributed by atoms with Gasteiger partial charge in [0.1, 0.15) is 0 Å². The van der Waals surface area contributed by atoms with Crippen LogP contribution in [0.4, 0.5) is 5.69 Å². The van der Waals surface area contributed by atoms with Gasteiger partial charge >= 0.3 is 0 Å². The zero-order valence-electron chi connectivity index (χ0n) is 25.8. The molecule has 9 rings (SSSR count). The monoisotopic (exact) mass is 610 g/mol. The lowest BCUT2D eigenvalue weighted by molar-refractivity contribution is 1.17. The molecule has 0 aliphatic carbocycles. The highest BCUT2D eigenvalue weighted by molar-refractivity contribution is 6.11. The summed E-state index contributed by atoms with van der Waals surface area (Å²) in [4.78, 5) is 3.73. The van der Waals surface area contributed by atoms with Gasteiger partial charge in [0.15, 0.2) is 5.69 Å². The predicted molar refractivity (Wildman–Crippen MR) is 197 cm³/mol. The second-order valence-corrected chi connectivity index (χ2v) is 12.0. The van der Waals surface area contributed by atoms with Gasteiger partial charge in [-0.15, -0.1) is 0 Å². The van der Waals surface area contributed by atoms with Crippen molar-refractivity contribution in [2.75, 3.05) is 0 Å². The highest BCUT2D eigenvalue weighted by atomic mass is 15.0. The fraction of sp³-hybridized carbons (Fsp3) is 0. The molecule has 0 fully saturated rings. The van der Waals surface area contributed by atoms with E-state index in [9.17, 15) is 5.26 Å². The van der Waals surface area contributed by atoms with E-state index >= 15 is 0 Å². The Labute approximate surface area is 277 Å². The first-order valence-electron chi connectivity index (χ1n) is 15.9. The predicted octanol–water partition coefficient (Wildman–Crippen LogP) is 11.6. The molecule has 0 atom stereocenters. The number of aromatic nitrogens is 2. The first kappa shape index (κ1) is 27.4. The van der Waals surface area contributed by atoms with E-state index in [4.69, 9.17) is 6.57 Å². The lowest BCUT2D eigenvalue weighted by atomic mass is 9.97. The van der Waals surface area contributed by atoms with Crippen LogP contribution in [0.2, 0.25) is 0 Å². The third-order valence-corrected chi connectivity index (χ3v) is 9.37. The molecule has 4 heteroatoms. The van der Waals surface area contributed by atoms with Gasteiger partial charge in [-0.25, -0.2) is 4.85 Å². The lowest BCUT2D eigenvalue weighted by Gasteiger charge is -2.13. The molecule has 0 spiro atoms. The van der Waals surface area contributed by atoms with Crippen molar-refractivity contribution in [3.05, 3.63) is 175 Å². The minimum atomic E-state index is 0.480. The van der Waals surface area contributed by atoms with Gasteiger partial charge in [-0.3, -0.25) is 0 Å². The Bertz CT molecular complexity index is 2730. The number of para-hydroxylation sites is 3. The summed E-state index contributed by atoms with van der Waals surface area (Å²) in [6.07, 6.45) is 0. The van der Waals surface area contributed by atoms with Crippen molar-refractivity contribution in [3.8, 4) is 39.7 Å². The third kappa shape index (κ3) is 4.14. The Morgan fingerprint density at radius 2 is 0.958 bits per heavy atom. The first-order chi connectivity index (χ1) is 23.7. The van der Waals surface area contributed by atoms with Crippen LogP contribution in [0.3, 0.4) is 0 Å². The van der Waals surface area contributed by atoms with E-state index in [1.807, 2.05) is 6.07 Å². The molecule has 0 saturated heterocycles. The van der Waals surface area contributed by atoms with Crippen LogP contribution in [-0.4, -0.2) is 9.13 Å². The van der Waals surface area contributed by atoms with Crippen LogP contribution < -0.4 is 0 Å². The molecule has 0 unspecified atom stereocenters. The minimum absolute atomic E-state index is 0.480. The van der Waals surface area contributed by atoms with Crippen LogP contribution in [0, 0.1) is 17.9 Å². The van der Waals surface area contributed by atoms with Gasteiger partial charge in [0.05, 0.1) is 34.7 Å². The first-order valence-corrected chi connectivity index (χ1v) is 15.9. The smallest absolute Gasteiger partial charge is 0.196 e. The number of nitrogens with zero attached hydrogens (tertiary/aromatic N) is 4. The number of hydrogen-bond donors (Lipinski definition) is 0. The Morgan fingerprint density at radius 3 is 1.50 bits per heavy atom. The summed E-state index contributed by atoms with van der Waals surface area (Å²) >= 11 is 0. The third-order valence-electron chi connectivity index (χ3n) is 9.37. The van der Waals surface area contributed by atoms with Gasteiger partial charge in [-0.2, -0.15) is 5.26 Å². The van der Waals surface area contributed by atoms with Crippen LogP contribution in [0.25, 0.3) is 82.1 Å². The van der Waals surface area contributed by atoms with Crippen LogP contribution in [0.5, 0.6) is 0 Å². The molecule has 0 saturated carbocycles. The largest absolute Gasteiger partial charge is 0.309 e. The summed E-state index contributed by atoms with van der Waals surface area (Å²) in [5.41, 5.74) is 11.5. The Kier molecular flexibility index (Phi) is 6.22. The lowest BCUT2D eigenvalue weighted by Crippen LogP contribution is -1.96. The molecule has 0 aliphatic rings. The van der Waals surface area contributed by atoms with E-state index in [1.165, 1.54) is 21.8 Å². The van der Waals surface area contributed by atoms with E-state index in [0.717, 1.165) is 49.9 Å². The Hall–Kier alpha value is -6.88. The number of nitriles is 1. The minimum Gasteiger partial charge on any atom is -0.309 e. The molecule has 2 aromatic heterocycles. The van der Waals surface area contributed by atoms with E-state index in [2.05, 4.69) is 154 Å². The van der Waals surface area contributed by atoms with E-state index < -0.39 is 0 Å². The SMILES string of the molecule is [C-]#[N+]c1cccc(C#N)c1-c1ccc2c(c1)c1ccccc1n2-c1cccc(-c2cccc(-n3c4ccccc4c4ccccc43)c2)c1. The topological polar surface area (TPSA) is 38.0 Å². The molecule has 0 N–H and O–H groups in total. The normalized spacial score (nSPS) is 11.3. The van der Waals surface area contributed by atoms with Crippen LogP contribution in [0.15, 0.2) is 158 Å². The Balaban J connectivity index is 1.20. The quantitative estimate of drug-likeness (QED) is 0.183. The average Bonchev–Trinajstić information content (AvgIpc) is 3.67. The second kappa shape index (κ2) is 10.9. The van der Waals surface area contributed by atoms with Crippen molar-refractivity contribution in [3.63, 3.8) is 0 Å². The van der Waals surface area contributed by atoms with Gasteiger partial charge in [-0.05, 0) is 77.4 Å². The molecule has 0 bridgehead atoms. The summed E-state index contributed by atoms with van der Waals surface area (Å²) in [5, 5.41) is 14.5. The summed E-state index contributed by atoms with van der Waals surface area (Å²) in [5.74, 6) is 0. The molecule has 0 amide bonds. The van der Waals surface area contributed by atoms with Crippen molar-refractivity contribution < 1.29 is 0 Å². The number of benzene rings is 7. The second-order valence-electron chi connectivity index (χ2n) is 12.0. The molecule has 0 aliphatic heterocycles. The zero-order chi connectivity index (χ0) is 32.2. The summed E-state index contributed by atoms with van der Waals surface area (Å²) in [6.45, 7) is 7.74. The van der Waals surface area contributed by atoms with Crippen molar-refractivity contribution in [2.24, 2.45) is 0 Å². The molecular formula is C44H26N4. The van der Waals surface area contributed by atoms with E-state index in [0.29, 0.717) is 16.8 Å². The van der Waals surface area contributed by atoms with Gasteiger partial charge in [0.2, 0.25) is 0 Å². The molecule has 0 radical (unpaired) electrons. The van der Waals surface area contributed by atoms with Crippen molar-refractivity contribution in [1.29, 1.82) is 5.26 Å². The van der Waals surface area contributed by atoms with Crippen molar-refractivity contribution in [1.82, 2.24) is 9.13 Å². The van der Waals surface area contributed by atoms with Crippen LogP contribution in [-0.2, 0) is 0 Å². The summed E-state index contributed by atoms with van der Waals surface area (Å²) in [6, 6.07) is 57.0. The van der Waals surface area contributed by atoms with E-state index in [1.54, 1.807) is 18.2 Å². The van der Waals surface area contributed by atoms with E-state index in [-0.39, 0.29) is 0 Å². The van der Waals surface area contributed by atoms with Crippen LogP contribution in [0.1, 0.15) is 5.56 Å². The number of fused-ring (bicyclic) bond motifs is 6. The molecular weight excluding hydrogens is 585 g/mol. The van der Waals surface area contributed by atoms with Gasteiger partial charge in [0, 0.05) is 44.0 Å². The average molecular weight is 611 g/mol. The summed E-state index contributed by atoms with van der Waals surface area (Å²) in [7, 11) is 0. The highest BCUT2D eigenvalue weighted by Gasteiger charge is 2.17. The fourth-order valence-corrected chi connectivity index (χ4v) is 7.29. The number of rotatable bonds is 4. The Morgan fingerprint density at radius 1 is 0.458 bits per heavy atom. The standard InChI is InChI=1S/C44H26N4/c1-46-39-19-10-13-32(28-45)44(39)31-23-24-43-38(27-31)37-18-4-7-22-42(37)48(43)34-15-9-12-30(26-34)29-11-8-14-33(25-29)47-40-20-5-2-16-35(40)36-17-3-6-21-41(36)47/h2-27H. The molecule has 2 heterocycles. The van der Waals surface area contributed by atoms with Crippen molar-refractivity contribution >= 4 is 49.3 Å². The molecule has 9 aromatic rings. The molecule has 48 heavy (non-hydrogen) atoms. The molecule has 7 aromatic carbocycles. The van der Waals surface area contributed by atoms with Gasteiger partial charge in [-0.1, -0.05) is 97.1 Å². The molecule has 4 nitrogen and oxygen atoms in total. The van der Waals surface area contributed by atoms with Crippen molar-refractivity contribution in [2.45, 2.75) is 0 Å². The number of hydrogen-bond acceptors (Lipinski definition) is 1. The fourth-order valence-electron chi connectivity index (χ4n) is 7.29.